The number of hydrogen-bond acceptors (Lipinski definition) is 1. The van der Waals surface area contributed by atoms with E-state index in [-0.39, 0.29) is 11.2 Å². The summed E-state index contributed by atoms with van der Waals surface area (Å²) < 4.78 is 0. The average Bonchev–Trinajstić information content (AvgIpc) is 1.92. The fraction of sp³-hybridized carbons (Fsp3) is 0.364. The molecule has 1 heteroatoms. The van der Waals surface area contributed by atoms with Crippen molar-refractivity contribution in [3.05, 3.63) is 36.0 Å². The van der Waals surface area contributed by atoms with Crippen LogP contribution in [0.25, 0.3) is 0 Å². The summed E-state index contributed by atoms with van der Waals surface area (Å²) in [6, 6.07) is 0. The van der Waals surface area contributed by atoms with Gasteiger partial charge in [0.2, 0.25) is 0 Å². The summed E-state index contributed by atoms with van der Waals surface area (Å²) in [6.45, 7) is 10.1. The van der Waals surface area contributed by atoms with Crippen LogP contribution in [0.4, 0.5) is 0 Å². The van der Waals surface area contributed by atoms with Gasteiger partial charge in [0.05, 0.1) is 0 Å². The van der Waals surface area contributed by atoms with Crippen LogP contribution in [0.2, 0.25) is 0 Å². The molecule has 1 aliphatic carbocycles. The van der Waals surface area contributed by atoms with Gasteiger partial charge in [-0.05, 0) is 28.7 Å². The highest BCUT2D eigenvalue weighted by molar-refractivity contribution is 6.02. The Bertz CT molecular complexity index is 285. The Hall–Kier alpha value is -1.11. The topological polar surface area (TPSA) is 17.1 Å². The van der Waals surface area contributed by atoms with Crippen LogP contribution in [-0.4, -0.2) is 5.78 Å². The molecule has 0 aliphatic heterocycles. The third-order valence-corrected chi connectivity index (χ3v) is 1.89. The highest BCUT2D eigenvalue weighted by Crippen LogP contribution is 2.32. The Kier molecular flexibility index (Phi) is 2.05. The van der Waals surface area contributed by atoms with Gasteiger partial charge in [-0.25, -0.2) is 0 Å². The summed E-state index contributed by atoms with van der Waals surface area (Å²) in [6.07, 6.45) is 5.00. The van der Waals surface area contributed by atoms with Crippen molar-refractivity contribution in [1.29, 1.82) is 0 Å². The Morgan fingerprint density at radius 2 is 1.83 bits per heavy atom. The lowest BCUT2D eigenvalue weighted by Crippen LogP contribution is -2.14. The molecule has 0 aromatic rings. The minimum Gasteiger partial charge on any atom is -0.290 e. The van der Waals surface area contributed by atoms with E-state index in [1.54, 1.807) is 18.2 Å². The van der Waals surface area contributed by atoms with Gasteiger partial charge in [-0.2, -0.15) is 0 Å². The zero-order valence-corrected chi connectivity index (χ0v) is 7.85. The Labute approximate surface area is 73.5 Å². The van der Waals surface area contributed by atoms with Crippen molar-refractivity contribution in [3.63, 3.8) is 0 Å². The monoisotopic (exact) mass is 162 g/mol. The highest BCUT2D eigenvalue weighted by Gasteiger charge is 2.21. The largest absolute Gasteiger partial charge is 0.290 e. The first-order valence-corrected chi connectivity index (χ1v) is 4.05. The molecule has 0 aromatic carbocycles. The second-order valence-electron chi connectivity index (χ2n) is 4.07. The van der Waals surface area contributed by atoms with E-state index < -0.39 is 0 Å². The van der Waals surface area contributed by atoms with Crippen LogP contribution in [-0.2, 0) is 4.79 Å². The van der Waals surface area contributed by atoms with E-state index in [1.807, 2.05) is 0 Å². The van der Waals surface area contributed by atoms with Gasteiger partial charge < -0.3 is 0 Å². The second kappa shape index (κ2) is 2.74. The minimum absolute atomic E-state index is 0.0114. The third kappa shape index (κ3) is 1.73. The van der Waals surface area contributed by atoms with Crippen molar-refractivity contribution in [2.75, 3.05) is 0 Å². The fourth-order valence-corrected chi connectivity index (χ4v) is 1.25. The predicted molar refractivity (Wildman–Crippen MR) is 50.8 cm³/mol. The maximum atomic E-state index is 11.1. The van der Waals surface area contributed by atoms with Gasteiger partial charge >= 0.3 is 0 Å². The summed E-state index contributed by atoms with van der Waals surface area (Å²) in [5.41, 5.74) is 1.99. The lowest BCUT2D eigenvalue weighted by molar-refractivity contribution is -0.110. The molecular formula is C11H14O. The van der Waals surface area contributed by atoms with E-state index in [2.05, 4.69) is 27.4 Å². The molecule has 1 nitrogen and oxygen atoms in total. The maximum Gasteiger partial charge on any atom is 0.178 e. The van der Waals surface area contributed by atoms with Crippen molar-refractivity contribution in [2.24, 2.45) is 5.41 Å². The minimum atomic E-state index is 0.0114. The van der Waals surface area contributed by atoms with Crippen LogP contribution in [0.15, 0.2) is 36.0 Å². The Morgan fingerprint density at radius 3 is 2.25 bits per heavy atom. The first-order chi connectivity index (χ1) is 5.41. The van der Waals surface area contributed by atoms with Gasteiger partial charge in [-0.3, -0.25) is 4.79 Å². The molecule has 0 N–H and O–H groups in total. The predicted octanol–water partition coefficient (Wildman–Crippen LogP) is 2.65. The van der Waals surface area contributed by atoms with Crippen molar-refractivity contribution >= 4 is 5.78 Å². The maximum absolute atomic E-state index is 11.1. The third-order valence-electron chi connectivity index (χ3n) is 1.89. The fourth-order valence-electron chi connectivity index (χ4n) is 1.25. The van der Waals surface area contributed by atoms with Crippen LogP contribution in [0.5, 0.6) is 0 Å². The molecule has 0 heterocycles. The SMILES string of the molecule is C=C1C=CC(=O)C=C1C(C)(C)C. The Balaban J connectivity index is 3.05. The van der Waals surface area contributed by atoms with E-state index in [4.69, 9.17) is 0 Å². The number of allylic oxidation sites excluding steroid dienone is 5. The van der Waals surface area contributed by atoms with Crippen LogP contribution in [0, 0.1) is 5.41 Å². The van der Waals surface area contributed by atoms with Crippen molar-refractivity contribution in [3.8, 4) is 0 Å². The molecule has 0 atom stereocenters. The van der Waals surface area contributed by atoms with Gasteiger partial charge in [0.1, 0.15) is 0 Å². The standard InChI is InChI=1S/C11H14O/c1-8-5-6-9(12)7-10(8)11(2,3)4/h5-7H,1H2,2-4H3. The van der Waals surface area contributed by atoms with Gasteiger partial charge in [0.25, 0.3) is 0 Å². The summed E-state index contributed by atoms with van der Waals surface area (Å²) in [5, 5.41) is 0. The van der Waals surface area contributed by atoms with Gasteiger partial charge in [-0.15, -0.1) is 0 Å². The number of ketones is 1. The number of carbonyl (C=O) groups is 1. The molecule has 0 bridgehead atoms. The lowest BCUT2D eigenvalue weighted by atomic mass is 9.80. The summed E-state index contributed by atoms with van der Waals surface area (Å²) in [5.74, 6) is 0.0623. The van der Waals surface area contributed by atoms with Crippen LogP contribution >= 0.6 is 0 Å². The molecule has 0 saturated carbocycles. The molecule has 1 aliphatic rings. The van der Waals surface area contributed by atoms with Gasteiger partial charge in [0.15, 0.2) is 5.78 Å². The molecule has 1 rings (SSSR count). The molecule has 0 fully saturated rings. The molecule has 12 heavy (non-hydrogen) atoms. The molecular weight excluding hydrogens is 148 g/mol. The molecule has 64 valence electrons. The van der Waals surface area contributed by atoms with Crippen LogP contribution in [0.1, 0.15) is 20.8 Å². The summed E-state index contributed by atoms with van der Waals surface area (Å²) >= 11 is 0. The summed E-state index contributed by atoms with van der Waals surface area (Å²) in [4.78, 5) is 11.1. The zero-order chi connectivity index (χ0) is 9.35. The van der Waals surface area contributed by atoms with E-state index in [0.717, 1.165) is 11.1 Å². The normalized spacial score (nSPS) is 18.1. The van der Waals surface area contributed by atoms with Gasteiger partial charge in [-0.1, -0.05) is 33.4 Å². The number of hydrogen-bond donors (Lipinski definition) is 0. The molecule has 0 aromatic heterocycles. The van der Waals surface area contributed by atoms with Crippen molar-refractivity contribution < 1.29 is 4.79 Å². The molecule has 0 unspecified atom stereocenters. The highest BCUT2D eigenvalue weighted by atomic mass is 16.1. The smallest absolute Gasteiger partial charge is 0.178 e. The zero-order valence-electron chi connectivity index (χ0n) is 7.85. The molecule has 0 radical (unpaired) electrons. The van der Waals surface area contributed by atoms with E-state index in [0.29, 0.717) is 0 Å². The second-order valence-corrected chi connectivity index (χ2v) is 4.07. The first kappa shape index (κ1) is 8.98. The van der Waals surface area contributed by atoms with E-state index in [9.17, 15) is 4.79 Å². The van der Waals surface area contributed by atoms with E-state index >= 15 is 0 Å². The van der Waals surface area contributed by atoms with Crippen molar-refractivity contribution in [1.82, 2.24) is 0 Å². The lowest BCUT2D eigenvalue weighted by Gasteiger charge is -2.24. The molecule has 0 amide bonds. The number of rotatable bonds is 0. The quantitative estimate of drug-likeness (QED) is 0.535. The van der Waals surface area contributed by atoms with Crippen molar-refractivity contribution in [2.45, 2.75) is 20.8 Å². The van der Waals surface area contributed by atoms with E-state index in [1.165, 1.54) is 0 Å². The molecule has 0 saturated heterocycles. The number of carbonyl (C=O) groups excluding carboxylic acids is 1. The van der Waals surface area contributed by atoms with Crippen LogP contribution < -0.4 is 0 Å². The Morgan fingerprint density at radius 1 is 1.25 bits per heavy atom. The van der Waals surface area contributed by atoms with Crippen LogP contribution in [0.3, 0.4) is 0 Å². The first-order valence-electron chi connectivity index (χ1n) is 4.05. The molecule has 0 spiro atoms. The van der Waals surface area contributed by atoms with Gasteiger partial charge in [0, 0.05) is 0 Å². The average molecular weight is 162 g/mol. The summed E-state index contributed by atoms with van der Waals surface area (Å²) in [7, 11) is 0.